The summed E-state index contributed by atoms with van der Waals surface area (Å²) in [5.74, 6) is -0.265. The van der Waals surface area contributed by atoms with Crippen LogP contribution in [0.15, 0.2) is 48.5 Å². The van der Waals surface area contributed by atoms with E-state index in [9.17, 15) is 13.2 Å². The summed E-state index contributed by atoms with van der Waals surface area (Å²) in [4.78, 5) is 0. The molecule has 2 aromatic rings. The topological polar surface area (TPSA) is 21.3 Å². The Morgan fingerprint density at radius 3 is 2.48 bits per heavy atom. The van der Waals surface area contributed by atoms with E-state index in [1.165, 1.54) is 18.2 Å². The molecule has 0 spiro atoms. The maximum atomic E-state index is 12.4. The standard InChI is InChI=1S/C15H13ClF3NO/c1-10(11-5-4-6-12(16)9-11)20-13-7-2-3-8-14(13)21-15(17,18)19/h2-10,20H,1H3. The van der Waals surface area contributed by atoms with Crippen molar-refractivity contribution >= 4 is 17.3 Å². The molecule has 2 nitrogen and oxygen atoms in total. The summed E-state index contributed by atoms with van der Waals surface area (Å²) in [6.07, 6.45) is -4.73. The first-order valence-electron chi connectivity index (χ1n) is 6.22. The minimum atomic E-state index is -4.73. The van der Waals surface area contributed by atoms with Gasteiger partial charge in [-0.3, -0.25) is 0 Å². The van der Waals surface area contributed by atoms with E-state index < -0.39 is 6.36 Å². The lowest BCUT2D eigenvalue weighted by molar-refractivity contribution is -0.274. The second-order valence-corrected chi connectivity index (χ2v) is 4.90. The molecule has 0 aliphatic heterocycles. The van der Waals surface area contributed by atoms with Gasteiger partial charge in [0.25, 0.3) is 0 Å². The largest absolute Gasteiger partial charge is 0.573 e. The predicted octanol–water partition coefficient (Wildman–Crippen LogP) is 5.41. The molecule has 0 aliphatic carbocycles. The Hall–Kier alpha value is -1.88. The summed E-state index contributed by atoms with van der Waals surface area (Å²) in [7, 11) is 0. The van der Waals surface area contributed by atoms with E-state index in [2.05, 4.69) is 10.1 Å². The highest BCUT2D eigenvalue weighted by molar-refractivity contribution is 6.30. The molecule has 0 amide bonds. The zero-order valence-corrected chi connectivity index (χ0v) is 11.9. The summed E-state index contributed by atoms with van der Waals surface area (Å²) in [5.41, 5.74) is 1.13. The lowest BCUT2D eigenvalue weighted by Gasteiger charge is -2.19. The van der Waals surface area contributed by atoms with Gasteiger partial charge in [-0.25, -0.2) is 0 Å². The Morgan fingerprint density at radius 1 is 1.10 bits per heavy atom. The fraction of sp³-hybridized carbons (Fsp3) is 0.200. The molecule has 1 atom stereocenters. The fourth-order valence-electron chi connectivity index (χ4n) is 1.89. The second kappa shape index (κ2) is 6.26. The van der Waals surface area contributed by atoms with Crippen LogP contribution in [0.25, 0.3) is 0 Å². The van der Waals surface area contributed by atoms with Crippen LogP contribution >= 0.6 is 11.6 Å². The summed E-state index contributed by atoms with van der Waals surface area (Å²) < 4.78 is 41.1. The number of alkyl halides is 3. The van der Waals surface area contributed by atoms with Crippen molar-refractivity contribution in [3.63, 3.8) is 0 Å². The van der Waals surface area contributed by atoms with Gasteiger partial charge in [0, 0.05) is 11.1 Å². The predicted molar refractivity (Wildman–Crippen MR) is 76.6 cm³/mol. The Morgan fingerprint density at radius 2 is 1.81 bits per heavy atom. The molecule has 0 bridgehead atoms. The zero-order valence-electron chi connectivity index (χ0n) is 11.1. The summed E-state index contributed by atoms with van der Waals surface area (Å²) >= 11 is 5.91. The minimum Gasteiger partial charge on any atom is -0.404 e. The normalized spacial score (nSPS) is 12.8. The summed E-state index contributed by atoms with van der Waals surface area (Å²) in [6.45, 7) is 1.83. The van der Waals surface area contributed by atoms with E-state index in [1.807, 2.05) is 13.0 Å². The molecular weight excluding hydrogens is 303 g/mol. The highest BCUT2D eigenvalue weighted by atomic mass is 35.5. The molecule has 0 radical (unpaired) electrons. The van der Waals surface area contributed by atoms with Gasteiger partial charge in [-0.2, -0.15) is 0 Å². The maximum absolute atomic E-state index is 12.4. The number of ether oxygens (including phenoxy) is 1. The van der Waals surface area contributed by atoms with Gasteiger partial charge in [0.05, 0.1) is 5.69 Å². The van der Waals surface area contributed by atoms with Crippen molar-refractivity contribution < 1.29 is 17.9 Å². The molecule has 0 saturated heterocycles. The first-order chi connectivity index (χ1) is 9.85. The van der Waals surface area contributed by atoms with Gasteiger partial charge in [-0.15, -0.1) is 13.2 Å². The smallest absolute Gasteiger partial charge is 0.404 e. The number of benzene rings is 2. The van der Waals surface area contributed by atoms with Gasteiger partial charge in [0.15, 0.2) is 5.75 Å². The zero-order chi connectivity index (χ0) is 15.5. The average molecular weight is 316 g/mol. The van der Waals surface area contributed by atoms with Crippen molar-refractivity contribution in [1.82, 2.24) is 0 Å². The molecule has 0 aromatic heterocycles. The maximum Gasteiger partial charge on any atom is 0.573 e. The SMILES string of the molecule is CC(Nc1ccccc1OC(F)(F)F)c1cccc(Cl)c1. The number of para-hydroxylation sites is 2. The van der Waals surface area contributed by atoms with Crippen molar-refractivity contribution in [2.45, 2.75) is 19.3 Å². The van der Waals surface area contributed by atoms with Crippen LogP contribution in [0.1, 0.15) is 18.5 Å². The molecule has 0 fully saturated rings. The van der Waals surface area contributed by atoms with Crippen LogP contribution in [0.3, 0.4) is 0 Å². The number of nitrogens with one attached hydrogen (secondary N) is 1. The molecule has 0 aliphatic rings. The first-order valence-corrected chi connectivity index (χ1v) is 6.60. The van der Waals surface area contributed by atoms with Gasteiger partial charge in [0.1, 0.15) is 0 Å². The molecule has 1 N–H and O–H groups in total. The third kappa shape index (κ3) is 4.56. The Kier molecular flexibility index (Phi) is 4.63. The third-order valence-corrected chi connectivity index (χ3v) is 3.07. The Labute approximate surface area is 125 Å². The number of anilines is 1. The quantitative estimate of drug-likeness (QED) is 0.814. The van der Waals surface area contributed by atoms with Crippen molar-refractivity contribution in [2.24, 2.45) is 0 Å². The van der Waals surface area contributed by atoms with Crippen molar-refractivity contribution in [2.75, 3.05) is 5.32 Å². The van der Waals surface area contributed by atoms with E-state index in [1.54, 1.807) is 24.3 Å². The van der Waals surface area contributed by atoms with Crippen LogP contribution in [0.4, 0.5) is 18.9 Å². The van der Waals surface area contributed by atoms with Crippen LogP contribution in [-0.2, 0) is 0 Å². The van der Waals surface area contributed by atoms with Crippen LogP contribution in [0.5, 0.6) is 5.75 Å². The van der Waals surface area contributed by atoms with Crippen molar-refractivity contribution in [3.8, 4) is 5.75 Å². The molecule has 6 heteroatoms. The third-order valence-electron chi connectivity index (χ3n) is 2.83. The van der Waals surface area contributed by atoms with Gasteiger partial charge < -0.3 is 10.1 Å². The molecule has 21 heavy (non-hydrogen) atoms. The lowest BCUT2D eigenvalue weighted by atomic mass is 10.1. The average Bonchev–Trinajstić information content (AvgIpc) is 2.39. The van der Waals surface area contributed by atoms with Gasteiger partial charge in [-0.05, 0) is 36.8 Å². The van der Waals surface area contributed by atoms with Crippen LogP contribution in [0, 0.1) is 0 Å². The molecule has 2 aromatic carbocycles. The molecule has 2 rings (SSSR count). The van der Waals surface area contributed by atoms with E-state index in [4.69, 9.17) is 11.6 Å². The highest BCUT2D eigenvalue weighted by Crippen LogP contribution is 2.32. The molecule has 0 saturated carbocycles. The van der Waals surface area contributed by atoms with Gasteiger partial charge in [-0.1, -0.05) is 35.9 Å². The van der Waals surface area contributed by atoms with Crippen LogP contribution < -0.4 is 10.1 Å². The van der Waals surface area contributed by atoms with Crippen LogP contribution in [-0.4, -0.2) is 6.36 Å². The number of hydrogen-bond donors (Lipinski definition) is 1. The first kappa shape index (κ1) is 15.5. The van der Waals surface area contributed by atoms with E-state index in [-0.39, 0.29) is 17.5 Å². The van der Waals surface area contributed by atoms with Gasteiger partial charge >= 0.3 is 6.36 Å². The van der Waals surface area contributed by atoms with Crippen LogP contribution in [0.2, 0.25) is 5.02 Å². The minimum absolute atomic E-state index is 0.221. The van der Waals surface area contributed by atoms with E-state index in [0.29, 0.717) is 5.02 Å². The van der Waals surface area contributed by atoms with Crippen molar-refractivity contribution in [3.05, 3.63) is 59.1 Å². The molecule has 1 unspecified atom stereocenters. The highest BCUT2D eigenvalue weighted by Gasteiger charge is 2.32. The van der Waals surface area contributed by atoms with Gasteiger partial charge in [0.2, 0.25) is 0 Å². The Bertz CT molecular complexity index is 616. The number of hydrogen-bond acceptors (Lipinski definition) is 2. The molecule has 112 valence electrons. The van der Waals surface area contributed by atoms with E-state index in [0.717, 1.165) is 5.56 Å². The fourth-order valence-corrected chi connectivity index (χ4v) is 2.09. The monoisotopic (exact) mass is 315 g/mol. The number of halogens is 4. The van der Waals surface area contributed by atoms with E-state index >= 15 is 0 Å². The number of rotatable bonds is 4. The molecular formula is C15H13ClF3NO. The Balaban J connectivity index is 2.19. The van der Waals surface area contributed by atoms with Crippen molar-refractivity contribution in [1.29, 1.82) is 0 Å². The summed E-state index contributed by atoms with van der Waals surface area (Å²) in [5, 5.41) is 3.56. The second-order valence-electron chi connectivity index (χ2n) is 4.46. The molecule has 0 heterocycles. The summed E-state index contributed by atoms with van der Waals surface area (Å²) in [6, 6.07) is 12.8. The lowest BCUT2D eigenvalue weighted by Crippen LogP contribution is -2.18.